The lowest BCUT2D eigenvalue weighted by Gasteiger charge is -2.25. The number of nitrogens with one attached hydrogen (secondary N) is 1. The van der Waals surface area contributed by atoms with E-state index in [0.717, 1.165) is 28.3 Å². The summed E-state index contributed by atoms with van der Waals surface area (Å²) in [6.07, 6.45) is 1.48. The van der Waals surface area contributed by atoms with Gasteiger partial charge in [-0.1, -0.05) is 12.1 Å². The summed E-state index contributed by atoms with van der Waals surface area (Å²) in [6.45, 7) is 5.06. The number of nitrogens with zero attached hydrogens (tertiary/aromatic N) is 4. The second-order valence-corrected chi connectivity index (χ2v) is 7.34. The average Bonchev–Trinajstić information content (AvgIpc) is 2.97. The first-order chi connectivity index (χ1) is 13.9. The number of aryl methyl sites for hydroxylation is 2. The molecule has 0 radical (unpaired) electrons. The Kier molecular flexibility index (Phi) is 8.22. The Morgan fingerprint density at radius 3 is 2.79 bits per heavy atom. The molecule has 1 aromatic heterocycles. The molecule has 156 valence electrons. The third-order valence-electron chi connectivity index (χ3n) is 5.16. The van der Waals surface area contributed by atoms with Crippen molar-refractivity contribution in [1.82, 2.24) is 20.0 Å². The monoisotopic (exact) mass is 397 g/mol. The van der Waals surface area contributed by atoms with E-state index in [4.69, 9.17) is 10.00 Å². The Morgan fingerprint density at radius 1 is 1.38 bits per heavy atom. The smallest absolute Gasteiger partial charge is 0.220 e. The van der Waals surface area contributed by atoms with E-state index in [1.165, 1.54) is 0 Å². The Bertz CT molecular complexity index is 867. The first-order valence-electron chi connectivity index (χ1n) is 9.84. The molecule has 29 heavy (non-hydrogen) atoms. The van der Waals surface area contributed by atoms with Crippen LogP contribution in [0, 0.1) is 25.2 Å². The zero-order valence-corrected chi connectivity index (χ0v) is 18.0. The van der Waals surface area contributed by atoms with Crippen molar-refractivity contribution < 1.29 is 9.53 Å². The van der Waals surface area contributed by atoms with E-state index in [0.29, 0.717) is 32.4 Å². The highest BCUT2D eigenvalue weighted by atomic mass is 16.5. The summed E-state index contributed by atoms with van der Waals surface area (Å²) >= 11 is 0. The molecule has 7 nitrogen and oxygen atoms in total. The summed E-state index contributed by atoms with van der Waals surface area (Å²) in [4.78, 5) is 14.6. The molecule has 0 saturated heterocycles. The lowest BCUT2D eigenvalue weighted by Crippen LogP contribution is -2.34. The number of hydrogen-bond donors (Lipinski definition) is 1. The fourth-order valence-electron chi connectivity index (χ4n) is 3.45. The number of amides is 1. The van der Waals surface area contributed by atoms with Gasteiger partial charge >= 0.3 is 0 Å². The molecule has 1 N–H and O–H groups in total. The predicted octanol–water partition coefficient (Wildman–Crippen LogP) is 2.77. The molecule has 1 aromatic carbocycles. The van der Waals surface area contributed by atoms with Gasteiger partial charge < -0.3 is 15.0 Å². The first kappa shape index (κ1) is 22.4. The average molecular weight is 398 g/mol. The van der Waals surface area contributed by atoms with E-state index in [-0.39, 0.29) is 11.9 Å². The maximum Gasteiger partial charge on any atom is 0.220 e. The molecule has 0 bridgehead atoms. The van der Waals surface area contributed by atoms with E-state index in [2.05, 4.69) is 21.4 Å². The van der Waals surface area contributed by atoms with Gasteiger partial charge in [-0.3, -0.25) is 9.48 Å². The Balaban J connectivity index is 1.95. The van der Waals surface area contributed by atoms with Crippen molar-refractivity contribution in [2.75, 3.05) is 27.7 Å². The fourth-order valence-corrected chi connectivity index (χ4v) is 3.45. The van der Waals surface area contributed by atoms with Crippen molar-refractivity contribution in [3.8, 4) is 11.8 Å². The van der Waals surface area contributed by atoms with Crippen molar-refractivity contribution in [2.45, 2.75) is 45.7 Å². The maximum atomic E-state index is 12.5. The quantitative estimate of drug-likeness (QED) is 0.666. The molecule has 0 fully saturated rings. The fraction of sp³-hybridized carbons (Fsp3) is 0.500. The number of methoxy groups -OCH3 is 1. The van der Waals surface area contributed by atoms with Crippen LogP contribution < -0.4 is 10.1 Å². The van der Waals surface area contributed by atoms with Crippen LogP contribution in [-0.2, 0) is 17.8 Å². The van der Waals surface area contributed by atoms with Crippen LogP contribution in [-0.4, -0.2) is 48.3 Å². The van der Waals surface area contributed by atoms with Crippen molar-refractivity contribution in [2.24, 2.45) is 0 Å². The number of aromatic nitrogens is 2. The lowest BCUT2D eigenvalue weighted by molar-refractivity contribution is -0.121. The molecular weight excluding hydrogens is 366 g/mol. The van der Waals surface area contributed by atoms with Crippen LogP contribution in [0.5, 0.6) is 5.75 Å². The van der Waals surface area contributed by atoms with Gasteiger partial charge in [-0.2, -0.15) is 10.4 Å². The predicted molar refractivity (Wildman–Crippen MR) is 113 cm³/mol. The SMILES string of the molecule is COc1cccc(C(CNC(=O)CCc2c(C)nn(CCC#N)c2C)N(C)C)c1. The molecule has 0 saturated carbocycles. The zero-order chi connectivity index (χ0) is 21.4. The highest BCUT2D eigenvalue weighted by Crippen LogP contribution is 2.22. The Hall–Kier alpha value is -2.85. The Labute approximate surface area is 173 Å². The van der Waals surface area contributed by atoms with E-state index in [1.807, 2.05) is 56.9 Å². The van der Waals surface area contributed by atoms with Gasteiger partial charge in [0, 0.05) is 18.7 Å². The highest BCUT2D eigenvalue weighted by Gasteiger charge is 2.17. The third kappa shape index (κ3) is 6.06. The van der Waals surface area contributed by atoms with E-state index >= 15 is 0 Å². The van der Waals surface area contributed by atoms with E-state index < -0.39 is 0 Å². The van der Waals surface area contributed by atoms with Crippen LogP contribution in [0.4, 0.5) is 0 Å². The lowest BCUT2D eigenvalue weighted by atomic mass is 10.0. The molecular formula is C22H31N5O2. The van der Waals surface area contributed by atoms with Gasteiger partial charge in [0.2, 0.25) is 5.91 Å². The van der Waals surface area contributed by atoms with Crippen LogP contribution in [0.3, 0.4) is 0 Å². The van der Waals surface area contributed by atoms with Gasteiger partial charge in [-0.05, 0) is 57.6 Å². The molecule has 2 aromatic rings. The molecule has 1 amide bonds. The number of rotatable bonds is 10. The number of hydrogen-bond acceptors (Lipinski definition) is 5. The Morgan fingerprint density at radius 2 is 2.14 bits per heavy atom. The molecule has 2 rings (SSSR count). The van der Waals surface area contributed by atoms with Gasteiger partial charge in [0.1, 0.15) is 5.75 Å². The molecule has 0 aliphatic rings. The minimum absolute atomic E-state index is 0.0170. The minimum Gasteiger partial charge on any atom is -0.497 e. The molecule has 0 aliphatic heterocycles. The van der Waals surface area contributed by atoms with Crippen molar-refractivity contribution >= 4 is 5.91 Å². The van der Waals surface area contributed by atoms with Gasteiger partial charge in [0.25, 0.3) is 0 Å². The molecule has 1 unspecified atom stereocenters. The second kappa shape index (κ2) is 10.6. The van der Waals surface area contributed by atoms with Gasteiger partial charge in [0.05, 0.1) is 37.9 Å². The first-order valence-corrected chi connectivity index (χ1v) is 9.84. The van der Waals surface area contributed by atoms with Crippen LogP contribution in [0.15, 0.2) is 24.3 Å². The van der Waals surface area contributed by atoms with Crippen LogP contribution in [0.25, 0.3) is 0 Å². The number of likely N-dealkylation sites (N-methyl/N-ethyl adjacent to an activating group) is 1. The summed E-state index contributed by atoms with van der Waals surface area (Å²) < 4.78 is 7.17. The largest absolute Gasteiger partial charge is 0.497 e. The molecule has 1 heterocycles. The van der Waals surface area contributed by atoms with Crippen molar-refractivity contribution in [3.05, 3.63) is 46.8 Å². The number of carbonyl (C=O) groups is 1. The summed E-state index contributed by atoms with van der Waals surface area (Å²) in [5.74, 6) is 0.823. The number of nitriles is 1. The maximum absolute atomic E-state index is 12.5. The number of ether oxygens (including phenoxy) is 1. The van der Waals surface area contributed by atoms with E-state index in [1.54, 1.807) is 7.11 Å². The molecule has 0 spiro atoms. The zero-order valence-electron chi connectivity index (χ0n) is 18.0. The summed E-state index contributed by atoms with van der Waals surface area (Å²) in [5.41, 5.74) is 4.15. The normalized spacial score (nSPS) is 11.9. The summed E-state index contributed by atoms with van der Waals surface area (Å²) in [5, 5.41) is 16.3. The van der Waals surface area contributed by atoms with Gasteiger partial charge in [0.15, 0.2) is 0 Å². The number of benzene rings is 1. The van der Waals surface area contributed by atoms with Gasteiger partial charge in [-0.15, -0.1) is 0 Å². The second-order valence-electron chi connectivity index (χ2n) is 7.34. The molecule has 1 atom stereocenters. The van der Waals surface area contributed by atoms with Crippen LogP contribution >= 0.6 is 0 Å². The van der Waals surface area contributed by atoms with Gasteiger partial charge in [-0.25, -0.2) is 0 Å². The highest BCUT2D eigenvalue weighted by molar-refractivity contribution is 5.76. The minimum atomic E-state index is 0.0170. The van der Waals surface area contributed by atoms with Crippen LogP contribution in [0.1, 0.15) is 41.4 Å². The summed E-state index contributed by atoms with van der Waals surface area (Å²) in [7, 11) is 5.65. The van der Waals surface area contributed by atoms with Crippen molar-refractivity contribution in [1.29, 1.82) is 5.26 Å². The third-order valence-corrected chi connectivity index (χ3v) is 5.16. The molecule has 7 heteroatoms. The van der Waals surface area contributed by atoms with Crippen LogP contribution in [0.2, 0.25) is 0 Å². The van der Waals surface area contributed by atoms with E-state index in [9.17, 15) is 4.79 Å². The molecule has 0 aliphatic carbocycles. The standard InChI is InChI=1S/C22H31N5O2/c1-16-20(17(2)27(25-16)13-7-12-23)10-11-22(28)24-15-21(26(3)4)18-8-6-9-19(14-18)29-5/h6,8-9,14,21H,7,10-11,13,15H2,1-5H3,(H,24,28). The number of carbonyl (C=O) groups excluding carboxylic acids is 1. The van der Waals surface area contributed by atoms with Crippen molar-refractivity contribution in [3.63, 3.8) is 0 Å². The summed E-state index contributed by atoms with van der Waals surface area (Å²) in [6, 6.07) is 10.1. The topological polar surface area (TPSA) is 83.2 Å².